The molecule has 0 bridgehead atoms. The predicted molar refractivity (Wildman–Crippen MR) is 42.0 cm³/mol. The maximum Gasteiger partial charge on any atom is 0.0505 e. The van der Waals surface area contributed by atoms with Gasteiger partial charge in [0.2, 0.25) is 0 Å². The van der Waals surface area contributed by atoms with Gasteiger partial charge in [-0.15, -0.1) is 0 Å². The first-order valence-corrected chi connectivity index (χ1v) is 4.12. The van der Waals surface area contributed by atoms with Crippen molar-refractivity contribution in [2.45, 2.75) is 25.0 Å². The summed E-state index contributed by atoms with van der Waals surface area (Å²) in [5, 5.41) is 0.562. The molecule has 2 atom stereocenters. The van der Waals surface area contributed by atoms with E-state index in [0.717, 1.165) is 25.6 Å². The molecule has 2 unspecified atom stereocenters. The van der Waals surface area contributed by atoms with Gasteiger partial charge < -0.3 is 4.74 Å². The lowest BCUT2D eigenvalue weighted by Crippen LogP contribution is -2.13. The molecule has 0 amide bonds. The highest BCUT2D eigenvalue weighted by Crippen LogP contribution is 2.22. The molecule has 0 saturated carbocycles. The molecular formula is C7H14OS. The third kappa shape index (κ3) is 1.87. The SMILES string of the molecule is CCC(S)C1CCOC1. The van der Waals surface area contributed by atoms with Gasteiger partial charge in [-0.05, 0) is 18.8 Å². The molecule has 0 aliphatic carbocycles. The molecule has 54 valence electrons. The zero-order chi connectivity index (χ0) is 6.69. The van der Waals surface area contributed by atoms with E-state index >= 15 is 0 Å². The van der Waals surface area contributed by atoms with Crippen LogP contribution in [0.5, 0.6) is 0 Å². The van der Waals surface area contributed by atoms with Crippen molar-refractivity contribution in [3.63, 3.8) is 0 Å². The molecule has 1 nitrogen and oxygen atoms in total. The summed E-state index contributed by atoms with van der Waals surface area (Å²) >= 11 is 4.45. The van der Waals surface area contributed by atoms with Crippen molar-refractivity contribution >= 4 is 12.6 Å². The minimum Gasteiger partial charge on any atom is -0.381 e. The van der Waals surface area contributed by atoms with Crippen molar-refractivity contribution in [2.24, 2.45) is 5.92 Å². The maximum absolute atomic E-state index is 5.23. The largest absolute Gasteiger partial charge is 0.381 e. The van der Waals surface area contributed by atoms with Crippen molar-refractivity contribution in [2.75, 3.05) is 13.2 Å². The van der Waals surface area contributed by atoms with Crippen LogP contribution in [-0.4, -0.2) is 18.5 Å². The quantitative estimate of drug-likeness (QED) is 0.584. The van der Waals surface area contributed by atoms with Crippen molar-refractivity contribution in [1.29, 1.82) is 0 Å². The number of thiol groups is 1. The Morgan fingerprint density at radius 3 is 3.00 bits per heavy atom. The Bertz CT molecular complexity index is 79.0. The van der Waals surface area contributed by atoms with Crippen LogP contribution in [0.1, 0.15) is 19.8 Å². The Balaban J connectivity index is 2.24. The van der Waals surface area contributed by atoms with Crippen LogP contribution in [0.2, 0.25) is 0 Å². The van der Waals surface area contributed by atoms with E-state index in [0.29, 0.717) is 5.25 Å². The first-order chi connectivity index (χ1) is 4.34. The van der Waals surface area contributed by atoms with Gasteiger partial charge in [-0.25, -0.2) is 0 Å². The molecule has 1 aliphatic heterocycles. The van der Waals surface area contributed by atoms with Crippen molar-refractivity contribution in [3.05, 3.63) is 0 Å². The zero-order valence-electron chi connectivity index (χ0n) is 5.84. The van der Waals surface area contributed by atoms with Crippen LogP contribution in [0, 0.1) is 5.92 Å². The van der Waals surface area contributed by atoms with Crippen molar-refractivity contribution in [3.8, 4) is 0 Å². The topological polar surface area (TPSA) is 9.23 Å². The van der Waals surface area contributed by atoms with Crippen LogP contribution in [0.3, 0.4) is 0 Å². The summed E-state index contributed by atoms with van der Waals surface area (Å²) in [7, 11) is 0. The van der Waals surface area contributed by atoms with Crippen molar-refractivity contribution in [1.82, 2.24) is 0 Å². The summed E-state index contributed by atoms with van der Waals surface area (Å²) in [5.74, 6) is 0.721. The standard InChI is InChI=1S/C7H14OS/c1-2-7(9)6-3-4-8-5-6/h6-7,9H,2-5H2,1H3. The van der Waals surface area contributed by atoms with Gasteiger partial charge in [0.15, 0.2) is 0 Å². The third-order valence-electron chi connectivity index (χ3n) is 1.93. The number of hydrogen-bond acceptors (Lipinski definition) is 2. The Labute approximate surface area is 62.2 Å². The van der Waals surface area contributed by atoms with Gasteiger partial charge in [0.05, 0.1) is 6.61 Å². The van der Waals surface area contributed by atoms with Gasteiger partial charge >= 0.3 is 0 Å². The third-order valence-corrected chi connectivity index (χ3v) is 2.71. The van der Waals surface area contributed by atoms with Crippen molar-refractivity contribution < 1.29 is 4.74 Å². The van der Waals surface area contributed by atoms with Gasteiger partial charge in [-0.2, -0.15) is 12.6 Å². The van der Waals surface area contributed by atoms with E-state index in [1.54, 1.807) is 0 Å². The van der Waals surface area contributed by atoms with E-state index in [4.69, 9.17) is 4.74 Å². The molecule has 1 aliphatic rings. The minimum absolute atomic E-state index is 0.562. The number of rotatable bonds is 2. The molecule has 2 heteroatoms. The van der Waals surface area contributed by atoms with Gasteiger partial charge in [-0.3, -0.25) is 0 Å². The normalized spacial score (nSPS) is 30.7. The molecule has 0 N–H and O–H groups in total. The second-order valence-corrected chi connectivity index (χ2v) is 3.26. The Hall–Kier alpha value is 0.310. The summed E-state index contributed by atoms with van der Waals surface area (Å²) in [4.78, 5) is 0. The second kappa shape index (κ2) is 3.47. The molecular weight excluding hydrogens is 132 g/mol. The maximum atomic E-state index is 5.23. The molecule has 9 heavy (non-hydrogen) atoms. The lowest BCUT2D eigenvalue weighted by atomic mass is 10.0. The average Bonchev–Trinajstić information content (AvgIpc) is 2.37. The summed E-state index contributed by atoms with van der Waals surface area (Å²) in [6.07, 6.45) is 2.37. The molecule has 1 saturated heterocycles. The molecule has 0 spiro atoms. The summed E-state index contributed by atoms with van der Waals surface area (Å²) in [6, 6.07) is 0. The predicted octanol–water partition coefficient (Wildman–Crippen LogP) is 1.73. The highest BCUT2D eigenvalue weighted by Gasteiger charge is 2.20. The van der Waals surface area contributed by atoms with Crippen LogP contribution >= 0.6 is 12.6 Å². The lowest BCUT2D eigenvalue weighted by Gasteiger charge is -2.12. The zero-order valence-corrected chi connectivity index (χ0v) is 6.73. The fourth-order valence-electron chi connectivity index (χ4n) is 1.19. The van der Waals surface area contributed by atoms with Gasteiger partial charge in [0.1, 0.15) is 0 Å². The van der Waals surface area contributed by atoms with Crippen LogP contribution in [-0.2, 0) is 4.74 Å². The van der Waals surface area contributed by atoms with Crippen LogP contribution in [0.15, 0.2) is 0 Å². The Kier molecular flexibility index (Phi) is 2.86. The molecule has 0 aromatic rings. The molecule has 1 heterocycles. The van der Waals surface area contributed by atoms with Gasteiger partial charge in [0, 0.05) is 11.9 Å². The molecule has 0 aromatic carbocycles. The smallest absolute Gasteiger partial charge is 0.0505 e. The van der Waals surface area contributed by atoms with E-state index in [1.807, 2.05) is 0 Å². The van der Waals surface area contributed by atoms with Crippen LogP contribution in [0.4, 0.5) is 0 Å². The van der Waals surface area contributed by atoms with Crippen LogP contribution < -0.4 is 0 Å². The Morgan fingerprint density at radius 2 is 2.56 bits per heavy atom. The van der Waals surface area contributed by atoms with E-state index in [-0.39, 0.29) is 0 Å². The number of hydrogen-bond donors (Lipinski definition) is 1. The van der Waals surface area contributed by atoms with Gasteiger partial charge in [-0.1, -0.05) is 6.92 Å². The highest BCUT2D eigenvalue weighted by molar-refractivity contribution is 7.81. The Morgan fingerprint density at radius 1 is 1.78 bits per heavy atom. The second-order valence-electron chi connectivity index (χ2n) is 2.60. The van der Waals surface area contributed by atoms with E-state index < -0.39 is 0 Å². The molecule has 0 aromatic heterocycles. The fraction of sp³-hybridized carbons (Fsp3) is 1.00. The molecule has 1 rings (SSSR count). The fourth-order valence-corrected chi connectivity index (χ4v) is 1.42. The van der Waals surface area contributed by atoms with E-state index in [1.165, 1.54) is 6.42 Å². The average molecular weight is 146 g/mol. The van der Waals surface area contributed by atoms with Gasteiger partial charge in [0.25, 0.3) is 0 Å². The summed E-state index contributed by atoms with van der Waals surface area (Å²) < 4.78 is 5.23. The van der Waals surface area contributed by atoms with E-state index in [9.17, 15) is 0 Å². The highest BCUT2D eigenvalue weighted by atomic mass is 32.1. The first kappa shape index (κ1) is 7.42. The van der Waals surface area contributed by atoms with Crippen LogP contribution in [0.25, 0.3) is 0 Å². The molecule has 0 radical (unpaired) electrons. The van der Waals surface area contributed by atoms with E-state index in [2.05, 4.69) is 19.6 Å². The first-order valence-electron chi connectivity index (χ1n) is 3.60. The minimum atomic E-state index is 0.562. The number of ether oxygens (including phenoxy) is 1. The monoisotopic (exact) mass is 146 g/mol. The summed E-state index contributed by atoms with van der Waals surface area (Å²) in [5.41, 5.74) is 0. The molecule has 1 fully saturated rings. The summed E-state index contributed by atoms with van der Waals surface area (Å²) in [6.45, 7) is 4.06. The lowest BCUT2D eigenvalue weighted by molar-refractivity contribution is 0.185.